The summed E-state index contributed by atoms with van der Waals surface area (Å²) in [7, 11) is 0. The van der Waals surface area contributed by atoms with Crippen molar-refractivity contribution in [3.8, 4) is 0 Å². The molecule has 0 heterocycles. The van der Waals surface area contributed by atoms with E-state index in [9.17, 15) is 0 Å². The highest BCUT2D eigenvalue weighted by molar-refractivity contribution is 6.06. The number of nitrogen functional groups attached to an aromatic ring is 1. The number of guanidine groups is 1. The van der Waals surface area contributed by atoms with E-state index in [1.807, 2.05) is 18.2 Å². The van der Waals surface area contributed by atoms with Crippen LogP contribution in [0.4, 0.5) is 0 Å². The number of fused-ring (bicyclic) bond motifs is 1. The fourth-order valence-electron chi connectivity index (χ4n) is 2.17. The summed E-state index contributed by atoms with van der Waals surface area (Å²) < 4.78 is 0. The van der Waals surface area contributed by atoms with Crippen LogP contribution in [-0.4, -0.2) is 17.5 Å². The standard InChI is InChI=1S/C12H16N6.2ClH/c13-11(14)9-5-1-4-8-7(9)3-2-6-10(8)17-18-12(15)16;;/h1,4-5H,2-3,6H2,(H3,13,14)(H4,15,16,18);2*1H. The van der Waals surface area contributed by atoms with E-state index in [1.54, 1.807) is 0 Å². The predicted molar refractivity (Wildman–Crippen MR) is 87.2 cm³/mol. The highest BCUT2D eigenvalue weighted by atomic mass is 35.5. The number of nitrogens with zero attached hydrogens (tertiary/aromatic N) is 2. The zero-order valence-corrected chi connectivity index (χ0v) is 12.4. The topological polar surface area (TPSA) is 127 Å². The monoisotopic (exact) mass is 316 g/mol. The van der Waals surface area contributed by atoms with Gasteiger partial charge in [0.25, 0.3) is 0 Å². The van der Waals surface area contributed by atoms with Crippen molar-refractivity contribution < 1.29 is 0 Å². The van der Waals surface area contributed by atoms with Crippen molar-refractivity contribution >= 4 is 42.3 Å². The SMILES string of the molecule is Cl.Cl.N=C(N)c1cccc2c1CCCC2=NN=C(N)N. The van der Waals surface area contributed by atoms with E-state index in [0.717, 1.165) is 41.7 Å². The first kappa shape index (κ1) is 18.2. The molecule has 0 fully saturated rings. The van der Waals surface area contributed by atoms with Crippen LogP contribution in [0.3, 0.4) is 0 Å². The number of hydrogen-bond donors (Lipinski definition) is 4. The van der Waals surface area contributed by atoms with E-state index in [2.05, 4.69) is 10.2 Å². The van der Waals surface area contributed by atoms with E-state index >= 15 is 0 Å². The summed E-state index contributed by atoms with van der Waals surface area (Å²) in [6.45, 7) is 0. The molecule has 1 aromatic carbocycles. The van der Waals surface area contributed by atoms with Crippen molar-refractivity contribution in [1.82, 2.24) is 0 Å². The van der Waals surface area contributed by atoms with Gasteiger partial charge in [0.2, 0.25) is 5.96 Å². The second kappa shape index (κ2) is 7.72. The minimum Gasteiger partial charge on any atom is -0.384 e. The first-order chi connectivity index (χ1) is 8.59. The van der Waals surface area contributed by atoms with E-state index in [-0.39, 0.29) is 36.6 Å². The van der Waals surface area contributed by atoms with Gasteiger partial charge in [-0.15, -0.1) is 29.9 Å². The second-order valence-electron chi connectivity index (χ2n) is 4.17. The molecule has 0 saturated heterocycles. The molecule has 1 aliphatic rings. The van der Waals surface area contributed by atoms with Gasteiger partial charge in [0, 0.05) is 11.1 Å². The van der Waals surface area contributed by atoms with Crippen LogP contribution in [-0.2, 0) is 6.42 Å². The van der Waals surface area contributed by atoms with Crippen molar-refractivity contribution in [2.75, 3.05) is 0 Å². The van der Waals surface area contributed by atoms with E-state index in [0.29, 0.717) is 0 Å². The van der Waals surface area contributed by atoms with Gasteiger partial charge >= 0.3 is 0 Å². The van der Waals surface area contributed by atoms with Gasteiger partial charge in [-0.3, -0.25) is 5.41 Å². The molecule has 0 amide bonds. The van der Waals surface area contributed by atoms with Gasteiger partial charge in [0.05, 0.1) is 5.71 Å². The van der Waals surface area contributed by atoms with Crippen molar-refractivity contribution in [2.24, 2.45) is 27.4 Å². The second-order valence-corrected chi connectivity index (χ2v) is 4.17. The Morgan fingerprint density at radius 3 is 2.40 bits per heavy atom. The molecule has 1 aliphatic carbocycles. The van der Waals surface area contributed by atoms with Crippen LogP contribution in [0.2, 0.25) is 0 Å². The Morgan fingerprint density at radius 2 is 1.80 bits per heavy atom. The first-order valence-corrected chi connectivity index (χ1v) is 5.71. The summed E-state index contributed by atoms with van der Waals surface area (Å²) in [6, 6.07) is 5.68. The van der Waals surface area contributed by atoms with Crippen molar-refractivity contribution in [3.05, 3.63) is 34.9 Å². The minimum absolute atomic E-state index is 0. The van der Waals surface area contributed by atoms with Gasteiger partial charge in [0.1, 0.15) is 5.84 Å². The number of nitrogens with two attached hydrogens (primary N) is 3. The average molecular weight is 317 g/mol. The maximum absolute atomic E-state index is 7.58. The number of benzene rings is 1. The fraction of sp³-hybridized carbons (Fsp3) is 0.250. The lowest BCUT2D eigenvalue weighted by Gasteiger charge is -2.19. The Morgan fingerprint density at radius 1 is 1.10 bits per heavy atom. The molecule has 0 atom stereocenters. The lowest BCUT2D eigenvalue weighted by atomic mass is 9.86. The van der Waals surface area contributed by atoms with Gasteiger partial charge in [-0.1, -0.05) is 18.2 Å². The third-order valence-electron chi connectivity index (χ3n) is 2.90. The molecule has 6 nitrogen and oxygen atoms in total. The quantitative estimate of drug-likeness (QED) is 0.371. The summed E-state index contributed by atoms with van der Waals surface area (Å²) in [5.74, 6) is 0.0206. The van der Waals surface area contributed by atoms with Crippen LogP contribution >= 0.6 is 24.8 Å². The van der Waals surface area contributed by atoms with Crippen LogP contribution in [0.5, 0.6) is 0 Å². The van der Waals surface area contributed by atoms with Crippen LogP contribution in [0.15, 0.2) is 28.4 Å². The molecule has 0 aliphatic heterocycles. The number of halogens is 2. The minimum atomic E-state index is -0.0580. The molecule has 0 saturated carbocycles. The van der Waals surface area contributed by atoms with Crippen LogP contribution in [0.25, 0.3) is 0 Å². The number of amidine groups is 1. The predicted octanol–water partition coefficient (Wildman–Crippen LogP) is 1.13. The molecular weight excluding hydrogens is 299 g/mol. The number of rotatable bonds is 2. The summed E-state index contributed by atoms with van der Waals surface area (Å²) in [6.07, 6.45) is 2.67. The van der Waals surface area contributed by atoms with E-state index in [1.165, 1.54) is 0 Å². The van der Waals surface area contributed by atoms with E-state index < -0.39 is 0 Å². The maximum Gasteiger partial charge on any atom is 0.211 e. The van der Waals surface area contributed by atoms with Gasteiger partial charge in [-0.2, -0.15) is 5.10 Å². The lowest BCUT2D eigenvalue weighted by Crippen LogP contribution is -2.23. The van der Waals surface area contributed by atoms with Gasteiger partial charge in [-0.05, 0) is 24.8 Å². The highest BCUT2D eigenvalue weighted by Gasteiger charge is 2.19. The zero-order chi connectivity index (χ0) is 13.1. The van der Waals surface area contributed by atoms with Crippen molar-refractivity contribution in [1.29, 1.82) is 5.41 Å². The molecule has 0 radical (unpaired) electrons. The maximum atomic E-state index is 7.58. The smallest absolute Gasteiger partial charge is 0.211 e. The fourth-order valence-corrected chi connectivity index (χ4v) is 2.17. The Labute approximate surface area is 129 Å². The zero-order valence-electron chi connectivity index (χ0n) is 10.8. The van der Waals surface area contributed by atoms with Gasteiger partial charge < -0.3 is 17.2 Å². The molecule has 0 unspecified atom stereocenters. The molecule has 2 rings (SSSR count). The normalized spacial score (nSPS) is 14.5. The third-order valence-corrected chi connectivity index (χ3v) is 2.90. The number of nitrogens with one attached hydrogen (secondary N) is 1. The molecule has 0 aromatic heterocycles. The molecule has 0 spiro atoms. The summed E-state index contributed by atoms with van der Waals surface area (Å²) >= 11 is 0. The third kappa shape index (κ3) is 3.85. The molecule has 1 aromatic rings. The molecule has 7 N–H and O–H groups in total. The number of hydrogen-bond acceptors (Lipinski definition) is 3. The Hall–Kier alpha value is -1.79. The van der Waals surface area contributed by atoms with Crippen LogP contribution in [0, 0.1) is 5.41 Å². The molecule has 20 heavy (non-hydrogen) atoms. The molecule has 0 bridgehead atoms. The average Bonchev–Trinajstić information content (AvgIpc) is 2.35. The van der Waals surface area contributed by atoms with Crippen molar-refractivity contribution in [2.45, 2.75) is 19.3 Å². The molecular formula is C12H18Cl2N6. The Balaban J connectivity index is 0.00000180. The summed E-state index contributed by atoms with van der Waals surface area (Å²) in [4.78, 5) is 0. The lowest BCUT2D eigenvalue weighted by molar-refractivity contribution is 0.832. The first-order valence-electron chi connectivity index (χ1n) is 5.71. The van der Waals surface area contributed by atoms with Crippen LogP contribution < -0.4 is 17.2 Å². The van der Waals surface area contributed by atoms with Crippen LogP contribution in [0.1, 0.15) is 29.5 Å². The summed E-state index contributed by atoms with van der Waals surface area (Å²) in [5.41, 5.74) is 19.8. The van der Waals surface area contributed by atoms with Crippen molar-refractivity contribution in [3.63, 3.8) is 0 Å². The largest absolute Gasteiger partial charge is 0.384 e. The molecule has 110 valence electrons. The van der Waals surface area contributed by atoms with Gasteiger partial charge in [-0.25, -0.2) is 0 Å². The highest BCUT2D eigenvalue weighted by Crippen LogP contribution is 2.25. The summed E-state index contributed by atoms with van der Waals surface area (Å²) in [5, 5.41) is 15.3. The molecule has 8 heteroatoms. The Kier molecular flexibility index (Phi) is 7.02. The van der Waals surface area contributed by atoms with E-state index in [4.69, 9.17) is 22.6 Å². The van der Waals surface area contributed by atoms with Gasteiger partial charge in [0.15, 0.2) is 0 Å². The Bertz CT molecular complexity index is 549.